The van der Waals surface area contributed by atoms with Crippen LogP contribution < -0.4 is 4.74 Å². The summed E-state index contributed by atoms with van der Waals surface area (Å²) >= 11 is 0. The third kappa shape index (κ3) is 5.05. The summed E-state index contributed by atoms with van der Waals surface area (Å²) < 4.78 is 10.9. The lowest BCUT2D eigenvalue weighted by Gasteiger charge is -2.12. The van der Waals surface area contributed by atoms with Gasteiger partial charge >= 0.3 is 0 Å². The van der Waals surface area contributed by atoms with Gasteiger partial charge in [0.25, 0.3) is 0 Å². The number of benzene rings is 4. The Morgan fingerprint density at radius 1 is 0.682 bits per heavy atom. The van der Waals surface area contributed by atoms with Crippen LogP contribution >= 0.6 is 0 Å². The van der Waals surface area contributed by atoms with Crippen LogP contribution in [0, 0.1) is 6.92 Å². The van der Waals surface area contributed by atoms with Gasteiger partial charge in [-0.15, -0.1) is 0 Å². The van der Waals surface area contributed by atoms with E-state index in [0.29, 0.717) is 0 Å². The lowest BCUT2D eigenvalue weighted by Crippen LogP contribution is -2.03. The van der Waals surface area contributed by atoms with Crippen molar-refractivity contribution >= 4 is 21.8 Å². The first-order chi connectivity index (χ1) is 21.6. The quantitative estimate of drug-likeness (QED) is 0.172. The molecule has 4 aromatic carbocycles. The predicted molar refractivity (Wildman–Crippen MR) is 180 cm³/mol. The lowest BCUT2D eigenvalue weighted by molar-refractivity contribution is 0.482. The van der Waals surface area contributed by atoms with Gasteiger partial charge in [-0.25, -0.2) is 9.67 Å². The second kappa shape index (κ2) is 11.8. The molecule has 0 aliphatic carbocycles. The van der Waals surface area contributed by atoms with Gasteiger partial charge < -0.3 is 4.74 Å². The Bertz CT molecular complexity index is 2090. The number of para-hydroxylation sites is 1. The average Bonchev–Trinajstić information content (AvgIpc) is 3.57. The Hall–Kier alpha value is -5.16. The van der Waals surface area contributed by atoms with Crippen molar-refractivity contribution in [2.24, 2.45) is 0 Å². The number of pyridine rings is 1. The topological polar surface area (TPSA) is 44.9 Å². The first kappa shape index (κ1) is 27.7. The molecule has 0 bridgehead atoms. The van der Waals surface area contributed by atoms with Crippen molar-refractivity contribution in [3.05, 3.63) is 132 Å². The van der Waals surface area contributed by atoms with E-state index < -0.39 is 0 Å². The average molecular weight is 577 g/mol. The maximum Gasteiger partial charge on any atom is 0.137 e. The normalized spacial score (nSPS) is 11.4. The predicted octanol–water partition coefficient (Wildman–Crippen LogP) is 10.0. The van der Waals surface area contributed by atoms with E-state index in [9.17, 15) is 0 Å². The summed E-state index contributed by atoms with van der Waals surface area (Å²) in [6, 6.07) is 37.9. The number of aryl methyl sites for hydroxylation is 2. The summed E-state index contributed by atoms with van der Waals surface area (Å²) in [5, 5.41) is 7.54. The molecule has 0 atom stereocenters. The molecule has 0 saturated carbocycles. The number of ether oxygens (including phenoxy) is 1. The summed E-state index contributed by atoms with van der Waals surface area (Å²) in [7, 11) is 0. The van der Waals surface area contributed by atoms with Crippen LogP contribution in [0.1, 0.15) is 43.6 Å². The van der Waals surface area contributed by atoms with Crippen molar-refractivity contribution in [2.75, 3.05) is 0 Å². The molecule has 0 aliphatic rings. The second-order valence-electron chi connectivity index (χ2n) is 11.4. The minimum Gasteiger partial charge on any atom is -0.457 e. The molecule has 44 heavy (non-hydrogen) atoms. The first-order valence-electron chi connectivity index (χ1n) is 15.5. The Labute approximate surface area is 258 Å². The number of hydrogen-bond donors (Lipinski definition) is 0. The monoisotopic (exact) mass is 576 g/mol. The standard InChI is InChI=1S/C39H36N4O/c1-4-12-34-39(28-14-7-6-8-15-28)36(13-5-2)43(41-34)29-16-11-17-30(25-29)44-31-20-21-33-32-18-9-10-19-35(32)42(37(33)26-31)38-24-27(3)22-23-40-38/h6-11,14-26H,4-5,12-13H2,1-3H3. The third-order valence-electron chi connectivity index (χ3n) is 8.16. The van der Waals surface area contributed by atoms with E-state index in [1.54, 1.807) is 0 Å². The van der Waals surface area contributed by atoms with Gasteiger partial charge in [0.05, 0.1) is 28.1 Å². The highest BCUT2D eigenvalue weighted by atomic mass is 16.5. The van der Waals surface area contributed by atoms with Gasteiger partial charge in [-0.3, -0.25) is 4.57 Å². The van der Waals surface area contributed by atoms with E-state index >= 15 is 0 Å². The summed E-state index contributed by atoms with van der Waals surface area (Å²) in [4.78, 5) is 4.72. The molecule has 0 unspecified atom stereocenters. The van der Waals surface area contributed by atoms with E-state index in [4.69, 9.17) is 14.8 Å². The number of nitrogens with zero attached hydrogens (tertiary/aromatic N) is 4. The molecule has 5 heteroatoms. The molecule has 218 valence electrons. The molecule has 3 aromatic heterocycles. The Kier molecular flexibility index (Phi) is 7.45. The van der Waals surface area contributed by atoms with Crippen molar-refractivity contribution in [3.8, 4) is 34.1 Å². The van der Waals surface area contributed by atoms with Gasteiger partial charge in [-0.1, -0.05) is 81.3 Å². The zero-order valence-electron chi connectivity index (χ0n) is 25.5. The Morgan fingerprint density at radius 2 is 1.45 bits per heavy atom. The van der Waals surface area contributed by atoms with Crippen LogP contribution in [0.15, 0.2) is 115 Å². The molecule has 0 amide bonds. The van der Waals surface area contributed by atoms with E-state index in [1.807, 2.05) is 18.3 Å². The van der Waals surface area contributed by atoms with Crippen LogP contribution in [-0.2, 0) is 12.8 Å². The van der Waals surface area contributed by atoms with Gasteiger partial charge in [0, 0.05) is 34.7 Å². The van der Waals surface area contributed by atoms with Crippen molar-refractivity contribution in [3.63, 3.8) is 0 Å². The Morgan fingerprint density at radius 3 is 2.27 bits per heavy atom. The van der Waals surface area contributed by atoms with Crippen molar-refractivity contribution < 1.29 is 4.74 Å². The molecule has 7 aromatic rings. The van der Waals surface area contributed by atoms with Crippen LogP contribution in [0.2, 0.25) is 0 Å². The van der Waals surface area contributed by atoms with Gasteiger partial charge in [-0.2, -0.15) is 5.10 Å². The van der Waals surface area contributed by atoms with E-state index in [2.05, 4.69) is 127 Å². The molecule has 0 fully saturated rings. The van der Waals surface area contributed by atoms with Gasteiger partial charge in [-0.05, 0) is 73.4 Å². The zero-order chi connectivity index (χ0) is 30.0. The van der Waals surface area contributed by atoms with Crippen LogP contribution in [0.3, 0.4) is 0 Å². The number of hydrogen-bond acceptors (Lipinski definition) is 3. The van der Waals surface area contributed by atoms with E-state index in [1.165, 1.54) is 33.2 Å². The van der Waals surface area contributed by atoms with Gasteiger partial charge in [0.15, 0.2) is 0 Å². The highest BCUT2D eigenvalue weighted by molar-refractivity contribution is 6.09. The molecule has 0 saturated heterocycles. The number of aromatic nitrogens is 4. The maximum absolute atomic E-state index is 6.55. The van der Waals surface area contributed by atoms with E-state index in [0.717, 1.165) is 65.4 Å². The van der Waals surface area contributed by atoms with Crippen LogP contribution in [0.4, 0.5) is 0 Å². The van der Waals surface area contributed by atoms with Crippen molar-refractivity contribution in [1.82, 2.24) is 19.3 Å². The molecular weight excluding hydrogens is 540 g/mol. The van der Waals surface area contributed by atoms with Crippen LogP contribution in [0.25, 0.3) is 44.4 Å². The van der Waals surface area contributed by atoms with E-state index in [-0.39, 0.29) is 0 Å². The minimum atomic E-state index is 0.773. The molecule has 0 spiro atoms. The summed E-state index contributed by atoms with van der Waals surface area (Å²) in [5.74, 6) is 2.45. The second-order valence-corrected chi connectivity index (χ2v) is 11.4. The Balaban J connectivity index is 1.30. The summed E-state index contributed by atoms with van der Waals surface area (Å²) in [6.45, 7) is 6.54. The molecule has 0 aliphatic heterocycles. The number of rotatable bonds is 9. The fraction of sp³-hybridized carbons (Fsp3) is 0.179. The first-order valence-corrected chi connectivity index (χ1v) is 15.5. The molecule has 3 heterocycles. The minimum absolute atomic E-state index is 0.773. The SMILES string of the molecule is CCCc1nn(-c2cccc(Oc3ccc4c5ccccc5n(-c5cc(C)ccn5)c4c3)c2)c(CCC)c1-c1ccccc1. The molecule has 5 nitrogen and oxygen atoms in total. The maximum atomic E-state index is 6.55. The fourth-order valence-electron chi connectivity index (χ4n) is 6.25. The third-order valence-corrected chi connectivity index (χ3v) is 8.16. The van der Waals surface area contributed by atoms with Crippen LogP contribution in [0.5, 0.6) is 11.5 Å². The lowest BCUT2D eigenvalue weighted by atomic mass is 9.99. The van der Waals surface area contributed by atoms with Gasteiger partial charge in [0.1, 0.15) is 17.3 Å². The van der Waals surface area contributed by atoms with Gasteiger partial charge in [0.2, 0.25) is 0 Å². The molecule has 0 radical (unpaired) electrons. The highest BCUT2D eigenvalue weighted by Gasteiger charge is 2.20. The molecule has 0 N–H and O–H groups in total. The zero-order valence-corrected chi connectivity index (χ0v) is 25.5. The summed E-state index contributed by atoms with van der Waals surface area (Å²) in [6.07, 6.45) is 5.84. The highest BCUT2D eigenvalue weighted by Crippen LogP contribution is 2.36. The smallest absolute Gasteiger partial charge is 0.137 e. The van der Waals surface area contributed by atoms with Crippen molar-refractivity contribution in [1.29, 1.82) is 0 Å². The molecular formula is C39H36N4O. The van der Waals surface area contributed by atoms with Crippen LogP contribution in [-0.4, -0.2) is 19.3 Å². The fourth-order valence-corrected chi connectivity index (χ4v) is 6.25. The largest absolute Gasteiger partial charge is 0.457 e. The number of fused-ring (bicyclic) bond motifs is 3. The van der Waals surface area contributed by atoms with Crippen molar-refractivity contribution in [2.45, 2.75) is 46.5 Å². The molecule has 7 rings (SSSR count). The summed E-state index contributed by atoms with van der Waals surface area (Å²) in [5.41, 5.74) is 9.25.